The van der Waals surface area contributed by atoms with Crippen molar-refractivity contribution >= 4 is 17.9 Å². The highest BCUT2D eigenvalue weighted by Gasteiger charge is 2.19. The number of ether oxygens (including phenoxy) is 3. The van der Waals surface area contributed by atoms with Gasteiger partial charge < -0.3 is 14.2 Å². The lowest BCUT2D eigenvalue weighted by atomic mass is 10.0. The molecule has 0 aromatic rings. The molecular weight excluding hydrogens is 745 g/mol. The van der Waals surface area contributed by atoms with E-state index in [9.17, 15) is 14.4 Å². The average Bonchev–Trinajstić information content (AvgIpc) is 3.24. The predicted molar refractivity (Wildman–Crippen MR) is 256 cm³/mol. The molecular formula is C54H94O6. The van der Waals surface area contributed by atoms with Crippen LogP contribution in [0.2, 0.25) is 0 Å². The van der Waals surface area contributed by atoms with Crippen molar-refractivity contribution in [1.82, 2.24) is 0 Å². The number of carbonyl (C=O) groups excluding carboxylic acids is 3. The second-order valence-electron chi connectivity index (χ2n) is 16.7. The molecule has 1 atom stereocenters. The summed E-state index contributed by atoms with van der Waals surface area (Å²) in [5, 5.41) is 0. The van der Waals surface area contributed by atoms with Gasteiger partial charge in [0.2, 0.25) is 0 Å². The van der Waals surface area contributed by atoms with Crippen LogP contribution in [0.1, 0.15) is 245 Å². The van der Waals surface area contributed by atoms with Crippen LogP contribution in [-0.2, 0) is 28.6 Å². The zero-order valence-corrected chi connectivity index (χ0v) is 39.5. The maximum absolute atomic E-state index is 12.8. The Labute approximate surface area is 370 Å². The first-order valence-corrected chi connectivity index (χ1v) is 25.3. The van der Waals surface area contributed by atoms with Gasteiger partial charge >= 0.3 is 17.9 Å². The van der Waals surface area contributed by atoms with Crippen molar-refractivity contribution in [3.63, 3.8) is 0 Å². The Balaban J connectivity index is 4.46. The first kappa shape index (κ1) is 57.1. The van der Waals surface area contributed by atoms with Crippen LogP contribution >= 0.6 is 0 Å². The molecule has 0 saturated carbocycles. The van der Waals surface area contributed by atoms with E-state index in [2.05, 4.69) is 81.5 Å². The molecule has 6 heteroatoms. The molecule has 0 aliphatic carbocycles. The van der Waals surface area contributed by atoms with E-state index in [1.807, 2.05) is 0 Å². The Morgan fingerprint density at radius 2 is 0.617 bits per heavy atom. The van der Waals surface area contributed by atoms with E-state index in [4.69, 9.17) is 14.2 Å². The lowest BCUT2D eigenvalue weighted by Crippen LogP contribution is -2.30. The highest BCUT2D eigenvalue weighted by molar-refractivity contribution is 5.71. The average molecular weight is 839 g/mol. The molecule has 0 radical (unpaired) electrons. The monoisotopic (exact) mass is 839 g/mol. The van der Waals surface area contributed by atoms with Crippen LogP contribution in [0.5, 0.6) is 0 Å². The van der Waals surface area contributed by atoms with E-state index in [1.54, 1.807) is 0 Å². The van der Waals surface area contributed by atoms with Crippen molar-refractivity contribution in [1.29, 1.82) is 0 Å². The van der Waals surface area contributed by atoms with Crippen molar-refractivity contribution < 1.29 is 28.6 Å². The zero-order valence-electron chi connectivity index (χ0n) is 39.5. The van der Waals surface area contributed by atoms with Crippen LogP contribution in [0, 0.1) is 0 Å². The van der Waals surface area contributed by atoms with E-state index < -0.39 is 6.10 Å². The molecule has 0 fully saturated rings. The summed E-state index contributed by atoms with van der Waals surface area (Å²) >= 11 is 0. The molecule has 0 amide bonds. The molecule has 0 bridgehead atoms. The Kier molecular flexibility index (Phi) is 46.4. The number of hydrogen-bond acceptors (Lipinski definition) is 6. The number of unbranched alkanes of at least 4 members (excludes halogenated alkanes) is 24. The Hall–Kier alpha value is -2.89. The summed E-state index contributed by atoms with van der Waals surface area (Å²) in [4.78, 5) is 37.9. The number of hydrogen-bond donors (Lipinski definition) is 0. The van der Waals surface area contributed by atoms with Crippen molar-refractivity contribution in [3.8, 4) is 0 Å². The Morgan fingerprint density at radius 3 is 1.05 bits per heavy atom. The van der Waals surface area contributed by atoms with E-state index in [-0.39, 0.29) is 37.5 Å². The van der Waals surface area contributed by atoms with Gasteiger partial charge in [0.05, 0.1) is 0 Å². The second kappa shape index (κ2) is 48.8. The SMILES string of the molecule is CCCCC/C=C\C/C=C\C/C=C\C/C=C\CCCC(=O)OCC(COC(=O)CCCCCCC/C=C\CCCCC)OC(=O)CCCCCCCCCCCCCCC. The van der Waals surface area contributed by atoms with Gasteiger partial charge in [-0.25, -0.2) is 0 Å². The fraction of sp³-hybridized carbons (Fsp3) is 0.759. The fourth-order valence-electron chi connectivity index (χ4n) is 6.90. The molecule has 0 N–H and O–H groups in total. The molecule has 0 saturated heterocycles. The normalized spacial score (nSPS) is 12.5. The van der Waals surface area contributed by atoms with Gasteiger partial charge in [0.25, 0.3) is 0 Å². The molecule has 0 heterocycles. The third kappa shape index (κ3) is 46.2. The maximum Gasteiger partial charge on any atom is 0.306 e. The van der Waals surface area contributed by atoms with E-state index in [1.165, 1.54) is 128 Å². The van der Waals surface area contributed by atoms with Crippen molar-refractivity contribution in [3.05, 3.63) is 60.8 Å². The van der Waals surface area contributed by atoms with E-state index in [0.717, 1.165) is 70.6 Å². The van der Waals surface area contributed by atoms with Gasteiger partial charge in [-0.05, 0) is 83.5 Å². The summed E-state index contributed by atoms with van der Waals surface area (Å²) < 4.78 is 16.7. The van der Waals surface area contributed by atoms with Crippen LogP contribution in [0.4, 0.5) is 0 Å². The first-order chi connectivity index (χ1) is 29.5. The standard InChI is InChI=1S/C54H94O6/c1-4-7-10-13-16-19-22-25-26-27-28-30-32-35-38-41-44-47-53(56)59-50-51(49-58-52(55)46-43-40-37-34-31-24-21-18-15-12-9-6-3)60-54(57)48-45-42-39-36-33-29-23-20-17-14-11-8-5-2/h16,18-19,21,25-26,28,30,35,38,51H,4-15,17,20,22-24,27,29,31-34,36-37,39-50H2,1-3H3/b19-16-,21-18-,26-25-,30-28-,38-35-. The van der Waals surface area contributed by atoms with Gasteiger partial charge in [0, 0.05) is 19.3 Å². The van der Waals surface area contributed by atoms with E-state index in [0.29, 0.717) is 19.3 Å². The molecule has 0 aliphatic rings. The number of rotatable bonds is 45. The molecule has 0 aliphatic heterocycles. The summed E-state index contributed by atoms with van der Waals surface area (Å²) in [7, 11) is 0. The predicted octanol–water partition coefficient (Wildman–Crippen LogP) is 16.5. The topological polar surface area (TPSA) is 78.9 Å². The van der Waals surface area contributed by atoms with E-state index >= 15 is 0 Å². The molecule has 0 spiro atoms. The summed E-state index contributed by atoms with van der Waals surface area (Å²) in [6.45, 7) is 6.53. The van der Waals surface area contributed by atoms with Gasteiger partial charge in [-0.3, -0.25) is 14.4 Å². The zero-order chi connectivity index (χ0) is 43.7. The first-order valence-electron chi connectivity index (χ1n) is 25.3. The quantitative estimate of drug-likeness (QED) is 0.0263. The lowest BCUT2D eigenvalue weighted by molar-refractivity contribution is -0.167. The maximum atomic E-state index is 12.8. The number of esters is 3. The highest BCUT2D eigenvalue weighted by atomic mass is 16.6. The summed E-state index contributed by atoms with van der Waals surface area (Å²) in [6.07, 6.45) is 59.2. The Morgan fingerprint density at radius 1 is 0.333 bits per heavy atom. The number of allylic oxidation sites excluding steroid dienone is 10. The molecule has 0 aromatic heterocycles. The lowest BCUT2D eigenvalue weighted by Gasteiger charge is -2.18. The van der Waals surface area contributed by atoms with Gasteiger partial charge in [-0.2, -0.15) is 0 Å². The van der Waals surface area contributed by atoms with Crippen LogP contribution in [0.3, 0.4) is 0 Å². The minimum Gasteiger partial charge on any atom is -0.462 e. The van der Waals surface area contributed by atoms with Crippen molar-refractivity contribution in [2.24, 2.45) is 0 Å². The molecule has 0 aromatic carbocycles. The molecule has 60 heavy (non-hydrogen) atoms. The largest absolute Gasteiger partial charge is 0.462 e. The third-order valence-corrected chi connectivity index (χ3v) is 10.7. The molecule has 346 valence electrons. The minimum absolute atomic E-state index is 0.0940. The Bertz CT molecular complexity index is 1100. The summed E-state index contributed by atoms with van der Waals surface area (Å²) in [6, 6.07) is 0. The van der Waals surface area contributed by atoms with Crippen LogP contribution < -0.4 is 0 Å². The van der Waals surface area contributed by atoms with Gasteiger partial charge in [0.15, 0.2) is 6.10 Å². The number of carbonyl (C=O) groups is 3. The highest BCUT2D eigenvalue weighted by Crippen LogP contribution is 2.14. The fourth-order valence-corrected chi connectivity index (χ4v) is 6.90. The van der Waals surface area contributed by atoms with Crippen LogP contribution in [-0.4, -0.2) is 37.2 Å². The van der Waals surface area contributed by atoms with Crippen molar-refractivity contribution in [2.45, 2.75) is 252 Å². The summed E-state index contributed by atoms with van der Waals surface area (Å²) in [5.74, 6) is -0.957. The summed E-state index contributed by atoms with van der Waals surface area (Å²) in [5.41, 5.74) is 0. The van der Waals surface area contributed by atoms with Crippen molar-refractivity contribution in [2.75, 3.05) is 13.2 Å². The third-order valence-electron chi connectivity index (χ3n) is 10.7. The van der Waals surface area contributed by atoms with Gasteiger partial charge in [-0.15, -0.1) is 0 Å². The van der Waals surface area contributed by atoms with Gasteiger partial charge in [-0.1, -0.05) is 204 Å². The molecule has 6 nitrogen and oxygen atoms in total. The van der Waals surface area contributed by atoms with Gasteiger partial charge in [0.1, 0.15) is 13.2 Å². The smallest absolute Gasteiger partial charge is 0.306 e. The second-order valence-corrected chi connectivity index (χ2v) is 16.7. The molecule has 1 unspecified atom stereocenters. The molecule has 0 rings (SSSR count). The van der Waals surface area contributed by atoms with Crippen LogP contribution in [0.25, 0.3) is 0 Å². The minimum atomic E-state index is -0.795. The van der Waals surface area contributed by atoms with Crippen LogP contribution in [0.15, 0.2) is 60.8 Å².